The van der Waals surface area contributed by atoms with Crippen LogP contribution in [0.5, 0.6) is 17.5 Å². The fourth-order valence-corrected chi connectivity index (χ4v) is 1.49. The van der Waals surface area contributed by atoms with Crippen LogP contribution in [0.1, 0.15) is 20.8 Å². The Kier molecular flexibility index (Phi) is 3.79. The molecule has 2 rings (SSSR count). The Hall–Kier alpha value is -2.30. The van der Waals surface area contributed by atoms with Gasteiger partial charge in [0.15, 0.2) is 0 Å². The molecule has 0 atom stereocenters. The second kappa shape index (κ2) is 5.36. The summed E-state index contributed by atoms with van der Waals surface area (Å²) in [6.07, 6.45) is 0. The first-order valence-electron chi connectivity index (χ1n) is 6.22. The summed E-state index contributed by atoms with van der Waals surface area (Å²) < 4.78 is 24.0. The molecule has 2 aromatic rings. The molecule has 20 heavy (non-hydrogen) atoms. The number of benzene rings is 1. The van der Waals surface area contributed by atoms with Crippen molar-refractivity contribution in [2.24, 2.45) is 0 Å². The maximum Gasteiger partial charge on any atom is 0.241 e. The average Bonchev–Trinajstić information content (AvgIpc) is 2.34. The molecule has 0 amide bonds. The van der Waals surface area contributed by atoms with Gasteiger partial charge in [0.25, 0.3) is 0 Å². The van der Waals surface area contributed by atoms with E-state index in [2.05, 4.69) is 4.98 Å². The van der Waals surface area contributed by atoms with Gasteiger partial charge in [-0.25, -0.2) is 4.39 Å². The Labute approximate surface area is 117 Å². The van der Waals surface area contributed by atoms with Crippen molar-refractivity contribution in [1.82, 2.24) is 4.98 Å². The first-order valence-corrected chi connectivity index (χ1v) is 6.22. The van der Waals surface area contributed by atoms with Crippen LogP contribution in [-0.2, 0) is 0 Å². The summed E-state index contributed by atoms with van der Waals surface area (Å²) in [5.74, 6) is 0.826. The van der Waals surface area contributed by atoms with Crippen molar-refractivity contribution in [1.29, 1.82) is 0 Å². The van der Waals surface area contributed by atoms with Crippen LogP contribution in [0, 0.1) is 5.82 Å². The van der Waals surface area contributed by atoms with Gasteiger partial charge < -0.3 is 15.2 Å². The molecular weight excluding hydrogens is 259 g/mol. The van der Waals surface area contributed by atoms with Crippen molar-refractivity contribution in [3.05, 3.63) is 42.2 Å². The standard InChI is InChI=1S/C15H17FN2O2/c1-15(2,3)20-14-12(17)8-9-13(18-14)19-11-6-4-10(16)5-7-11/h4-9H,17H2,1-3H3. The van der Waals surface area contributed by atoms with Crippen LogP contribution in [0.3, 0.4) is 0 Å². The number of halogens is 1. The molecule has 0 aliphatic heterocycles. The minimum atomic E-state index is -0.407. The largest absolute Gasteiger partial charge is 0.470 e. The SMILES string of the molecule is CC(C)(C)Oc1nc(Oc2ccc(F)cc2)ccc1N. The summed E-state index contributed by atoms with van der Waals surface area (Å²) in [4.78, 5) is 4.21. The molecule has 0 aliphatic rings. The molecular formula is C15H17FN2O2. The van der Waals surface area contributed by atoms with Gasteiger partial charge in [-0.15, -0.1) is 0 Å². The maximum atomic E-state index is 12.8. The van der Waals surface area contributed by atoms with E-state index in [1.165, 1.54) is 24.3 Å². The van der Waals surface area contributed by atoms with E-state index in [0.717, 1.165) is 0 Å². The number of aromatic nitrogens is 1. The average molecular weight is 276 g/mol. The molecule has 0 bridgehead atoms. The number of hydrogen-bond donors (Lipinski definition) is 1. The zero-order valence-corrected chi connectivity index (χ0v) is 11.7. The second-order valence-corrected chi connectivity index (χ2v) is 5.31. The Bertz CT molecular complexity index is 592. The van der Waals surface area contributed by atoms with E-state index in [-0.39, 0.29) is 5.82 Å². The summed E-state index contributed by atoms with van der Waals surface area (Å²) in [7, 11) is 0. The van der Waals surface area contributed by atoms with E-state index >= 15 is 0 Å². The third-order valence-electron chi connectivity index (χ3n) is 2.30. The molecule has 5 heteroatoms. The van der Waals surface area contributed by atoms with Crippen LogP contribution in [0.25, 0.3) is 0 Å². The van der Waals surface area contributed by atoms with E-state index in [4.69, 9.17) is 15.2 Å². The summed E-state index contributed by atoms with van der Waals surface area (Å²) in [6, 6.07) is 8.98. The van der Waals surface area contributed by atoms with Crippen LogP contribution in [0.4, 0.5) is 10.1 Å². The van der Waals surface area contributed by atoms with E-state index in [0.29, 0.717) is 23.2 Å². The summed E-state index contributed by atoms with van der Waals surface area (Å²) in [5, 5.41) is 0. The zero-order chi connectivity index (χ0) is 14.8. The summed E-state index contributed by atoms with van der Waals surface area (Å²) in [5.41, 5.74) is 5.85. The van der Waals surface area contributed by atoms with E-state index in [9.17, 15) is 4.39 Å². The van der Waals surface area contributed by atoms with Gasteiger partial charge >= 0.3 is 0 Å². The fraction of sp³-hybridized carbons (Fsp3) is 0.267. The van der Waals surface area contributed by atoms with Crippen LogP contribution >= 0.6 is 0 Å². The van der Waals surface area contributed by atoms with Gasteiger partial charge in [0.2, 0.25) is 11.8 Å². The maximum absolute atomic E-state index is 12.8. The molecule has 106 valence electrons. The zero-order valence-electron chi connectivity index (χ0n) is 11.7. The van der Waals surface area contributed by atoms with Crippen molar-refractivity contribution < 1.29 is 13.9 Å². The molecule has 0 spiro atoms. The van der Waals surface area contributed by atoms with Crippen LogP contribution in [0.15, 0.2) is 36.4 Å². The normalized spacial score (nSPS) is 11.2. The predicted molar refractivity (Wildman–Crippen MR) is 75.5 cm³/mol. The molecule has 0 saturated carbocycles. The topological polar surface area (TPSA) is 57.4 Å². The van der Waals surface area contributed by atoms with Crippen LogP contribution in [-0.4, -0.2) is 10.6 Å². The van der Waals surface area contributed by atoms with Crippen molar-refractivity contribution >= 4 is 5.69 Å². The van der Waals surface area contributed by atoms with Gasteiger partial charge in [-0.3, -0.25) is 0 Å². The summed E-state index contributed by atoms with van der Waals surface area (Å²) in [6.45, 7) is 5.71. The molecule has 1 heterocycles. The molecule has 0 saturated heterocycles. The van der Waals surface area contributed by atoms with E-state index in [1.54, 1.807) is 12.1 Å². The molecule has 2 N–H and O–H groups in total. The molecule has 0 fully saturated rings. The number of pyridine rings is 1. The third-order valence-corrected chi connectivity index (χ3v) is 2.30. The lowest BCUT2D eigenvalue weighted by molar-refractivity contribution is 0.124. The fourth-order valence-electron chi connectivity index (χ4n) is 1.49. The number of ether oxygens (including phenoxy) is 2. The summed E-state index contributed by atoms with van der Waals surface area (Å²) >= 11 is 0. The number of anilines is 1. The van der Waals surface area contributed by atoms with Gasteiger partial charge in [0.05, 0.1) is 5.69 Å². The number of hydrogen-bond acceptors (Lipinski definition) is 4. The lowest BCUT2D eigenvalue weighted by atomic mass is 10.2. The highest BCUT2D eigenvalue weighted by atomic mass is 19.1. The van der Waals surface area contributed by atoms with Crippen molar-refractivity contribution in [2.75, 3.05) is 5.73 Å². The number of rotatable bonds is 3. The third kappa shape index (κ3) is 3.85. The van der Waals surface area contributed by atoms with E-state index in [1.807, 2.05) is 20.8 Å². The second-order valence-electron chi connectivity index (χ2n) is 5.31. The molecule has 4 nitrogen and oxygen atoms in total. The van der Waals surface area contributed by atoms with Crippen molar-refractivity contribution in [3.63, 3.8) is 0 Å². The van der Waals surface area contributed by atoms with Crippen LogP contribution < -0.4 is 15.2 Å². The number of nitrogens with two attached hydrogens (primary N) is 1. The Balaban J connectivity index is 2.20. The lowest BCUT2D eigenvalue weighted by Gasteiger charge is -2.21. The predicted octanol–water partition coefficient (Wildman–Crippen LogP) is 3.77. The quantitative estimate of drug-likeness (QED) is 0.927. The molecule has 0 unspecified atom stereocenters. The highest BCUT2D eigenvalue weighted by Crippen LogP contribution is 2.28. The number of nitrogens with zero attached hydrogens (tertiary/aromatic N) is 1. The minimum absolute atomic E-state index is 0.317. The highest BCUT2D eigenvalue weighted by Gasteiger charge is 2.16. The van der Waals surface area contributed by atoms with Crippen molar-refractivity contribution in [3.8, 4) is 17.5 Å². The lowest BCUT2D eigenvalue weighted by Crippen LogP contribution is -2.24. The highest BCUT2D eigenvalue weighted by molar-refractivity contribution is 5.50. The molecule has 0 aliphatic carbocycles. The first-order chi connectivity index (χ1) is 9.33. The van der Waals surface area contributed by atoms with E-state index < -0.39 is 5.60 Å². The first kappa shape index (κ1) is 14.1. The molecule has 1 aromatic heterocycles. The van der Waals surface area contributed by atoms with Crippen LogP contribution in [0.2, 0.25) is 0 Å². The van der Waals surface area contributed by atoms with Gasteiger partial charge in [-0.2, -0.15) is 4.98 Å². The molecule has 1 aromatic carbocycles. The van der Waals surface area contributed by atoms with Gasteiger partial charge in [-0.1, -0.05) is 0 Å². The number of nitrogen functional groups attached to an aromatic ring is 1. The monoisotopic (exact) mass is 276 g/mol. The minimum Gasteiger partial charge on any atom is -0.470 e. The molecule has 0 radical (unpaired) electrons. The Morgan fingerprint density at radius 3 is 2.30 bits per heavy atom. The Morgan fingerprint density at radius 2 is 1.70 bits per heavy atom. The Morgan fingerprint density at radius 1 is 1.05 bits per heavy atom. The van der Waals surface area contributed by atoms with Gasteiger partial charge in [0.1, 0.15) is 17.2 Å². The smallest absolute Gasteiger partial charge is 0.241 e. The van der Waals surface area contributed by atoms with Gasteiger partial charge in [0, 0.05) is 6.07 Å². The van der Waals surface area contributed by atoms with Crippen molar-refractivity contribution in [2.45, 2.75) is 26.4 Å². The van der Waals surface area contributed by atoms with Gasteiger partial charge in [-0.05, 0) is 51.1 Å².